The minimum Gasteiger partial charge on any atom is -0.497 e. The summed E-state index contributed by atoms with van der Waals surface area (Å²) in [5.41, 5.74) is 1.34. The Bertz CT molecular complexity index is 1000. The van der Waals surface area contributed by atoms with Gasteiger partial charge in [0, 0.05) is 56.9 Å². The van der Waals surface area contributed by atoms with Crippen molar-refractivity contribution in [2.45, 2.75) is 50.7 Å². The molecule has 0 N–H and O–H groups in total. The van der Waals surface area contributed by atoms with Crippen molar-refractivity contribution >= 4 is 5.91 Å². The zero-order chi connectivity index (χ0) is 22.1. The van der Waals surface area contributed by atoms with Crippen LogP contribution in [0.15, 0.2) is 53.5 Å². The number of fused-ring (bicyclic) bond motifs is 4. The molecule has 0 aliphatic carbocycles. The molecule has 6 heteroatoms. The molecule has 4 heterocycles. The second-order valence-corrected chi connectivity index (χ2v) is 9.63. The Morgan fingerprint density at radius 2 is 1.91 bits per heavy atom. The van der Waals surface area contributed by atoms with Gasteiger partial charge in [-0.25, -0.2) is 0 Å². The smallest absolute Gasteiger partial charge is 0.250 e. The second kappa shape index (κ2) is 9.10. The first kappa shape index (κ1) is 21.3. The van der Waals surface area contributed by atoms with Crippen LogP contribution in [0.5, 0.6) is 5.75 Å². The number of likely N-dealkylation sites (tertiary alicyclic amines) is 1. The fourth-order valence-corrected chi connectivity index (χ4v) is 6.22. The van der Waals surface area contributed by atoms with Gasteiger partial charge in [0.2, 0.25) is 5.91 Å². The van der Waals surface area contributed by atoms with Gasteiger partial charge in [-0.2, -0.15) is 0 Å². The third-order valence-corrected chi connectivity index (χ3v) is 7.71. The molecule has 3 aliphatic rings. The van der Waals surface area contributed by atoms with Gasteiger partial charge in [0.25, 0.3) is 5.56 Å². The van der Waals surface area contributed by atoms with Crippen molar-refractivity contribution in [2.24, 2.45) is 11.8 Å². The standard InChI is InChI=1S/C26H33N3O3/c1-32-22-10-8-20(9-11-22)23-5-4-6-24-21-15-19(17-29(23)24)16-28(18-21)26(31)12-14-27-13-3-2-7-25(27)30/h2-3,7-11,13,19,21,23-24H,4-6,12,14-18H2,1H3/t19-,21+,23+,24-/m0/s1. The van der Waals surface area contributed by atoms with Crippen LogP contribution in [-0.2, 0) is 11.3 Å². The Morgan fingerprint density at radius 3 is 2.69 bits per heavy atom. The highest BCUT2D eigenvalue weighted by Crippen LogP contribution is 2.44. The van der Waals surface area contributed by atoms with Gasteiger partial charge in [-0.3, -0.25) is 14.5 Å². The highest BCUT2D eigenvalue weighted by molar-refractivity contribution is 5.76. The summed E-state index contributed by atoms with van der Waals surface area (Å²) >= 11 is 0. The summed E-state index contributed by atoms with van der Waals surface area (Å²) < 4.78 is 6.97. The third kappa shape index (κ3) is 4.20. The number of hydrogen-bond donors (Lipinski definition) is 0. The van der Waals surface area contributed by atoms with Crippen molar-refractivity contribution in [1.29, 1.82) is 0 Å². The maximum atomic E-state index is 13.0. The van der Waals surface area contributed by atoms with Crippen LogP contribution in [0.1, 0.15) is 43.7 Å². The summed E-state index contributed by atoms with van der Waals surface area (Å²) in [7, 11) is 1.71. The monoisotopic (exact) mass is 435 g/mol. The number of rotatable bonds is 5. The number of ether oxygens (including phenoxy) is 1. The summed E-state index contributed by atoms with van der Waals surface area (Å²) in [5, 5.41) is 0. The first-order chi connectivity index (χ1) is 15.6. The van der Waals surface area contributed by atoms with E-state index >= 15 is 0 Å². The molecule has 2 aromatic rings. The molecule has 2 bridgehead atoms. The van der Waals surface area contributed by atoms with E-state index in [1.807, 2.05) is 6.07 Å². The maximum Gasteiger partial charge on any atom is 0.250 e. The van der Waals surface area contributed by atoms with Gasteiger partial charge in [0.15, 0.2) is 0 Å². The molecule has 1 aromatic heterocycles. The number of carbonyl (C=O) groups excluding carboxylic acids is 1. The molecule has 1 amide bonds. The van der Waals surface area contributed by atoms with Gasteiger partial charge in [-0.05, 0) is 61.3 Å². The largest absolute Gasteiger partial charge is 0.497 e. The van der Waals surface area contributed by atoms with Crippen LogP contribution >= 0.6 is 0 Å². The van der Waals surface area contributed by atoms with E-state index in [0.29, 0.717) is 36.9 Å². The third-order valence-electron chi connectivity index (χ3n) is 7.71. The Balaban J connectivity index is 1.25. The zero-order valence-corrected chi connectivity index (χ0v) is 18.9. The van der Waals surface area contributed by atoms with Crippen LogP contribution in [-0.4, -0.2) is 53.1 Å². The van der Waals surface area contributed by atoms with Crippen LogP contribution in [0.4, 0.5) is 0 Å². The molecule has 0 radical (unpaired) electrons. The number of carbonyl (C=O) groups is 1. The van der Waals surface area contributed by atoms with Crippen molar-refractivity contribution in [3.8, 4) is 5.75 Å². The highest BCUT2D eigenvalue weighted by Gasteiger charge is 2.45. The molecule has 0 saturated carbocycles. The quantitative estimate of drug-likeness (QED) is 0.723. The van der Waals surface area contributed by atoms with E-state index in [2.05, 4.69) is 34.1 Å². The summed E-state index contributed by atoms with van der Waals surface area (Å²) in [6, 6.07) is 14.7. The van der Waals surface area contributed by atoms with Gasteiger partial charge in [-0.1, -0.05) is 18.2 Å². The maximum absolute atomic E-state index is 13.0. The van der Waals surface area contributed by atoms with Crippen LogP contribution in [0.3, 0.4) is 0 Å². The van der Waals surface area contributed by atoms with Crippen LogP contribution in [0.25, 0.3) is 0 Å². The average molecular weight is 436 g/mol. The van der Waals surface area contributed by atoms with Gasteiger partial charge in [-0.15, -0.1) is 0 Å². The van der Waals surface area contributed by atoms with Crippen LogP contribution < -0.4 is 10.3 Å². The van der Waals surface area contributed by atoms with E-state index in [9.17, 15) is 9.59 Å². The van der Waals surface area contributed by atoms with Gasteiger partial charge >= 0.3 is 0 Å². The molecule has 3 saturated heterocycles. The summed E-state index contributed by atoms with van der Waals surface area (Å²) in [4.78, 5) is 29.8. The van der Waals surface area contributed by atoms with E-state index in [-0.39, 0.29) is 11.5 Å². The fraction of sp³-hybridized carbons (Fsp3) is 0.538. The lowest BCUT2D eigenvalue weighted by atomic mass is 9.74. The number of methoxy groups -OCH3 is 1. The van der Waals surface area contributed by atoms with E-state index < -0.39 is 0 Å². The zero-order valence-electron chi connectivity index (χ0n) is 18.9. The van der Waals surface area contributed by atoms with Crippen molar-refractivity contribution in [2.75, 3.05) is 26.7 Å². The van der Waals surface area contributed by atoms with Gasteiger partial charge < -0.3 is 14.2 Å². The molecule has 0 unspecified atom stereocenters. The molecule has 3 aliphatic heterocycles. The Morgan fingerprint density at radius 1 is 1.06 bits per heavy atom. The van der Waals surface area contributed by atoms with E-state index in [4.69, 9.17) is 4.74 Å². The van der Waals surface area contributed by atoms with E-state index in [1.54, 1.807) is 30.0 Å². The number of piperidine rings is 3. The minimum atomic E-state index is -0.0433. The summed E-state index contributed by atoms with van der Waals surface area (Å²) in [6.45, 7) is 3.23. The Labute approximate surface area is 189 Å². The van der Waals surface area contributed by atoms with E-state index in [0.717, 1.165) is 25.4 Å². The molecule has 1 aromatic carbocycles. The molecule has 4 atom stereocenters. The molecule has 170 valence electrons. The van der Waals surface area contributed by atoms with E-state index in [1.165, 1.54) is 31.2 Å². The summed E-state index contributed by atoms with van der Waals surface area (Å²) in [6.07, 6.45) is 7.07. The van der Waals surface area contributed by atoms with Crippen molar-refractivity contribution in [3.05, 3.63) is 64.6 Å². The number of nitrogens with zero attached hydrogens (tertiary/aromatic N) is 3. The van der Waals surface area contributed by atoms with Crippen LogP contribution in [0, 0.1) is 11.8 Å². The lowest BCUT2D eigenvalue weighted by Gasteiger charge is -2.55. The number of benzene rings is 1. The molecular formula is C26H33N3O3. The normalized spacial score (nSPS) is 27.6. The lowest BCUT2D eigenvalue weighted by Crippen LogP contribution is -2.60. The number of aryl methyl sites for hydroxylation is 1. The lowest BCUT2D eigenvalue weighted by molar-refractivity contribution is -0.139. The molecular weight excluding hydrogens is 402 g/mol. The van der Waals surface area contributed by atoms with Crippen molar-refractivity contribution < 1.29 is 9.53 Å². The number of amides is 1. The minimum absolute atomic E-state index is 0.0433. The van der Waals surface area contributed by atoms with Crippen LogP contribution in [0.2, 0.25) is 0 Å². The van der Waals surface area contributed by atoms with Gasteiger partial charge in [0.05, 0.1) is 7.11 Å². The highest BCUT2D eigenvalue weighted by atomic mass is 16.5. The number of aromatic nitrogens is 1. The summed E-state index contributed by atoms with van der Waals surface area (Å²) in [5.74, 6) is 2.18. The molecule has 32 heavy (non-hydrogen) atoms. The second-order valence-electron chi connectivity index (χ2n) is 9.63. The first-order valence-electron chi connectivity index (χ1n) is 12.0. The Hall–Kier alpha value is -2.60. The Kier molecular flexibility index (Phi) is 6.05. The molecule has 5 rings (SSSR count). The predicted molar refractivity (Wildman–Crippen MR) is 124 cm³/mol. The fourth-order valence-electron chi connectivity index (χ4n) is 6.22. The molecule has 6 nitrogen and oxygen atoms in total. The predicted octanol–water partition coefficient (Wildman–Crippen LogP) is 3.32. The molecule has 3 fully saturated rings. The van der Waals surface area contributed by atoms with Crippen molar-refractivity contribution in [1.82, 2.24) is 14.4 Å². The van der Waals surface area contributed by atoms with Gasteiger partial charge in [0.1, 0.15) is 5.75 Å². The number of hydrogen-bond acceptors (Lipinski definition) is 4. The average Bonchev–Trinajstić information content (AvgIpc) is 2.83. The first-order valence-corrected chi connectivity index (χ1v) is 12.0. The number of pyridine rings is 1. The SMILES string of the molecule is COc1ccc([C@H]2CCC[C@H]3[C@@H]4C[C@@H](CN(C(=O)CCn5ccccc5=O)C4)CN23)cc1. The molecule has 0 spiro atoms. The van der Waals surface area contributed by atoms with Crippen molar-refractivity contribution in [3.63, 3.8) is 0 Å². The topological polar surface area (TPSA) is 54.8 Å².